The monoisotopic (exact) mass is 426 g/mol. The number of carbonyl (C=O) groups is 2. The topological polar surface area (TPSA) is 49.4 Å². The van der Waals surface area contributed by atoms with Crippen LogP contribution >= 0.6 is 15.9 Å². The quantitative estimate of drug-likeness (QED) is 0.737. The molecule has 1 N–H and O–H groups in total. The zero-order chi connectivity index (χ0) is 19.1. The standard InChI is InChI=1S/C18H14BrF3N2O2/c1-17(12-5-3-7-14(19)9-12)15(25)24(16(26)23-17)10-11-4-2-6-13(8-11)18(20,21)22/h2-9H,10H2,1H3,(H,23,26). The van der Waals surface area contributed by atoms with Crippen molar-refractivity contribution in [2.24, 2.45) is 0 Å². The van der Waals surface area contributed by atoms with Gasteiger partial charge in [0.2, 0.25) is 0 Å². The summed E-state index contributed by atoms with van der Waals surface area (Å²) in [6.07, 6.45) is -4.49. The van der Waals surface area contributed by atoms with Gasteiger partial charge in [-0.15, -0.1) is 0 Å². The number of nitrogens with one attached hydrogen (secondary N) is 1. The second-order valence-electron chi connectivity index (χ2n) is 6.15. The molecule has 26 heavy (non-hydrogen) atoms. The number of rotatable bonds is 3. The number of alkyl halides is 3. The number of nitrogens with zero attached hydrogens (tertiary/aromatic N) is 1. The van der Waals surface area contributed by atoms with Gasteiger partial charge in [0.15, 0.2) is 0 Å². The highest BCUT2D eigenvalue weighted by Gasteiger charge is 2.49. The number of halogens is 4. The first-order chi connectivity index (χ1) is 12.1. The molecule has 0 radical (unpaired) electrons. The highest BCUT2D eigenvalue weighted by molar-refractivity contribution is 9.10. The van der Waals surface area contributed by atoms with Crippen LogP contribution in [-0.2, 0) is 23.1 Å². The summed E-state index contributed by atoms with van der Waals surface area (Å²) in [5, 5.41) is 2.63. The average molecular weight is 427 g/mol. The Bertz CT molecular complexity index is 885. The SMILES string of the molecule is CC1(c2cccc(Br)c2)NC(=O)N(Cc2cccc(C(F)(F)F)c2)C1=O. The van der Waals surface area contributed by atoms with Gasteiger partial charge in [0, 0.05) is 4.47 Å². The molecule has 1 heterocycles. The number of amides is 3. The van der Waals surface area contributed by atoms with Crippen LogP contribution in [0.4, 0.5) is 18.0 Å². The molecule has 8 heteroatoms. The molecule has 136 valence electrons. The van der Waals surface area contributed by atoms with Crippen molar-refractivity contribution in [2.45, 2.75) is 25.2 Å². The lowest BCUT2D eigenvalue weighted by Gasteiger charge is -2.22. The van der Waals surface area contributed by atoms with Gasteiger partial charge in [0.05, 0.1) is 12.1 Å². The molecule has 1 fully saturated rings. The van der Waals surface area contributed by atoms with E-state index < -0.39 is 29.2 Å². The molecule has 0 spiro atoms. The first kappa shape index (κ1) is 18.4. The summed E-state index contributed by atoms with van der Waals surface area (Å²) in [5.74, 6) is -0.516. The molecule has 0 aromatic heterocycles. The third-order valence-corrected chi connectivity index (χ3v) is 4.77. The lowest BCUT2D eigenvalue weighted by atomic mass is 9.92. The number of hydrogen-bond acceptors (Lipinski definition) is 2. The Kier molecular flexibility index (Phi) is 4.56. The Balaban J connectivity index is 1.89. The van der Waals surface area contributed by atoms with Crippen molar-refractivity contribution in [3.63, 3.8) is 0 Å². The Labute approximate surface area is 156 Å². The number of benzene rings is 2. The van der Waals surface area contributed by atoms with Crippen molar-refractivity contribution in [1.82, 2.24) is 10.2 Å². The third kappa shape index (κ3) is 3.33. The lowest BCUT2D eigenvalue weighted by molar-refractivity contribution is -0.137. The van der Waals surface area contributed by atoms with Gasteiger partial charge in [-0.25, -0.2) is 4.79 Å². The fraction of sp³-hybridized carbons (Fsp3) is 0.222. The number of carbonyl (C=O) groups excluding carboxylic acids is 2. The van der Waals surface area contributed by atoms with Crippen LogP contribution in [0.3, 0.4) is 0 Å². The van der Waals surface area contributed by atoms with E-state index in [4.69, 9.17) is 0 Å². The van der Waals surface area contributed by atoms with Crippen molar-refractivity contribution in [3.05, 3.63) is 69.7 Å². The lowest BCUT2D eigenvalue weighted by Crippen LogP contribution is -2.40. The molecule has 2 aromatic rings. The normalized spacial score (nSPS) is 20.4. The molecule has 0 bridgehead atoms. The minimum atomic E-state index is -4.49. The molecule has 1 saturated heterocycles. The summed E-state index contributed by atoms with van der Waals surface area (Å²) in [6, 6.07) is 10.9. The third-order valence-electron chi connectivity index (χ3n) is 4.27. The minimum absolute atomic E-state index is 0.224. The Hall–Kier alpha value is -2.35. The van der Waals surface area contributed by atoms with Crippen molar-refractivity contribution in [3.8, 4) is 0 Å². The summed E-state index contributed by atoms with van der Waals surface area (Å²) in [6.45, 7) is 1.33. The molecule has 3 amide bonds. The zero-order valence-electron chi connectivity index (χ0n) is 13.6. The molecule has 0 aliphatic carbocycles. The van der Waals surface area contributed by atoms with Gasteiger partial charge >= 0.3 is 12.2 Å². The smallest absolute Gasteiger partial charge is 0.319 e. The van der Waals surface area contributed by atoms with Crippen molar-refractivity contribution in [2.75, 3.05) is 0 Å². The Morgan fingerprint density at radius 2 is 1.81 bits per heavy atom. The maximum Gasteiger partial charge on any atom is 0.416 e. The summed E-state index contributed by atoms with van der Waals surface area (Å²) >= 11 is 3.32. The van der Waals surface area contributed by atoms with Gasteiger partial charge in [0.25, 0.3) is 5.91 Å². The van der Waals surface area contributed by atoms with E-state index in [1.165, 1.54) is 12.1 Å². The minimum Gasteiger partial charge on any atom is -0.319 e. The average Bonchev–Trinajstić information content (AvgIpc) is 2.79. The van der Waals surface area contributed by atoms with E-state index in [1.54, 1.807) is 31.2 Å². The molecule has 2 aromatic carbocycles. The first-order valence-corrected chi connectivity index (χ1v) is 8.47. The molecule has 1 atom stereocenters. The number of imide groups is 1. The zero-order valence-corrected chi connectivity index (χ0v) is 15.2. The van der Waals surface area contributed by atoms with E-state index in [2.05, 4.69) is 21.2 Å². The second kappa shape index (κ2) is 6.42. The van der Waals surface area contributed by atoms with Crippen LogP contribution < -0.4 is 5.32 Å². The molecule has 3 rings (SSSR count). The van der Waals surface area contributed by atoms with Gasteiger partial charge < -0.3 is 5.32 Å². The molecule has 1 unspecified atom stereocenters. The summed E-state index contributed by atoms with van der Waals surface area (Å²) in [4.78, 5) is 26.1. The first-order valence-electron chi connectivity index (χ1n) is 7.67. The van der Waals surface area contributed by atoms with E-state index >= 15 is 0 Å². The number of hydrogen-bond donors (Lipinski definition) is 1. The fourth-order valence-electron chi connectivity index (χ4n) is 2.86. The van der Waals surface area contributed by atoms with Gasteiger partial charge in [-0.3, -0.25) is 9.69 Å². The van der Waals surface area contributed by atoms with Gasteiger partial charge in [-0.2, -0.15) is 13.2 Å². The van der Waals surface area contributed by atoms with Crippen molar-refractivity contribution >= 4 is 27.9 Å². The largest absolute Gasteiger partial charge is 0.416 e. The van der Waals surface area contributed by atoms with E-state index in [0.717, 1.165) is 21.5 Å². The van der Waals surface area contributed by atoms with Gasteiger partial charge in [-0.05, 0) is 42.3 Å². The van der Waals surface area contributed by atoms with Crippen molar-refractivity contribution < 1.29 is 22.8 Å². The highest BCUT2D eigenvalue weighted by Crippen LogP contribution is 2.33. The van der Waals surface area contributed by atoms with Crippen LogP contribution in [0.5, 0.6) is 0 Å². The molecular formula is C18H14BrF3N2O2. The maximum absolute atomic E-state index is 12.9. The molecule has 4 nitrogen and oxygen atoms in total. The maximum atomic E-state index is 12.9. The van der Waals surface area contributed by atoms with Gasteiger partial charge in [0.1, 0.15) is 5.54 Å². The molecular weight excluding hydrogens is 413 g/mol. The van der Waals surface area contributed by atoms with Crippen LogP contribution in [0.2, 0.25) is 0 Å². The van der Waals surface area contributed by atoms with E-state index in [1.807, 2.05) is 0 Å². The van der Waals surface area contributed by atoms with Crippen LogP contribution in [0.25, 0.3) is 0 Å². The summed E-state index contributed by atoms with van der Waals surface area (Å²) in [5.41, 5.74) is -1.29. The molecule has 1 aliphatic heterocycles. The Morgan fingerprint density at radius 1 is 1.12 bits per heavy atom. The predicted octanol–water partition coefficient (Wildman–Crippen LogP) is 4.44. The van der Waals surface area contributed by atoms with Crippen LogP contribution in [0.15, 0.2) is 53.0 Å². The van der Waals surface area contributed by atoms with Crippen LogP contribution in [-0.4, -0.2) is 16.8 Å². The van der Waals surface area contributed by atoms with E-state index in [-0.39, 0.29) is 12.1 Å². The highest BCUT2D eigenvalue weighted by atomic mass is 79.9. The number of urea groups is 1. The summed E-state index contributed by atoms with van der Waals surface area (Å²) < 4.78 is 39.3. The van der Waals surface area contributed by atoms with E-state index in [9.17, 15) is 22.8 Å². The van der Waals surface area contributed by atoms with Gasteiger partial charge in [-0.1, -0.05) is 40.2 Å². The van der Waals surface area contributed by atoms with Crippen molar-refractivity contribution in [1.29, 1.82) is 0 Å². The summed E-state index contributed by atoms with van der Waals surface area (Å²) in [7, 11) is 0. The fourth-order valence-corrected chi connectivity index (χ4v) is 3.26. The molecule has 0 saturated carbocycles. The van der Waals surface area contributed by atoms with Crippen LogP contribution in [0.1, 0.15) is 23.6 Å². The second-order valence-corrected chi connectivity index (χ2v) is 7.07. The van der Waals surface area contributed by atoms with E-state index in [0.29, 0.717) is 5.56 Å². The predicted molar refractivity (Wildman–Crippen MR) is 92.0 cm³/mol. The molecule has 1 aliphatic rings. The van der Waals surface area contributed by atoms with Crippen LogP contribution in [0, 0.1) is 0 Å². The Morgan fingerprint density at radius 3 is 2.46 bits per heavy atom.